The monoisotopic (exact) mass is 337 g/mol. The zero-order valence-electron chi connectivity index (χ0n) is 12.9. The van der Waals surface area contributed by atoms with Gasteiger partial charge in [0.2, 0.25) is 0 Å². The van der Waals surface area contributed by atoms with E-state index in [4.69, 9.17) is 27.9 Å². The minimum atomic E-state index is 0.544. The number of nitrogens with one attached hydrogen (secondary N) is 1. The zero-order chi connectivity index (χ0) is 15.9. The fraction of sp³-hybridized carbons (Fsp3) is 0.333. The highest BCUT2D eigenvalue weighted by Crippen LogP contribution is 2.30. The van der Waals surface area contributed by atoms with Crippen LogP contribution in [0.5, 0.6) is 5.75 Å². The van der Waals surface area contributed by atoms with Gasteiger partial charge in [0.1, 0.15) is 5.75 Å². The molecule has 118 valence electrons. The molecule has 4 heteroatoms. The van der Waals surface area contributed by atoms with E-state index in [0.29, 0.717) is 22.5 Å². The van der Waals surface area contributed by atoms with E-state index in [1.807, 2.05) is 30.3 Å². The van der Waals surface area contributed by atoms with Crippen molar-refractivity contribution in [2.75, 3.05) is 11.9 Å². The summed E-state index contributed by atoms with van der Waals surface area (Å²) in [7, 11) is 0. The highest BCUT2D eigenvalue weighted by Gasteiger charge is 2.07. The van der Waals surface area contributed by atoms with Crippen molar-refractivity contribution in [1.29, 1.82) is 0 Å². The quantitative estimate of drug-likeness (QED) is 0.665. The maximum Gasteiger partial charge on any atom is 0.124 e. The van der Waals surface area contributed by atoms with Crippen LogP contribution in [-0.4, -0.2) is 6.61 Å². The van der Waals surface area contributed by atoms with Gasteiger partial charge in [0.25, 0.3) is 0 Å². The van der Waals surface area contributed by atoms with Crippen molar-refractivity contribution >= 4 is 28.9 Å². The molecular formula is C18H21Cl2NO. The standard InChI is InChI=1S/C18H21Cl2NO/c1-13(2)10-11-22-17-9-4-3-6-14(17)12-21-16-8-5-7-15(19)18(16)20/h3-9,13,21H,10-12H2,1-2H3. The topological polar surface area (TPSA) is 21.3 Å². The molecule has 2 aromatic rings. The number of anilines is 1. The summed E-state index contributed by atoms with van der Waals surface area (Å²) in [5.41, 5.74) is 1.92. The highest BCUT2D eigenvalue weighted by atomic mass is 35.5. The second kappa shape index (κ2) is 8.30. The first kappa shape index (κ1) is 17.0. The molecule has 2 aromatic carbocycles. The average molecular weight is 338 g/mol. The van der Waals surface area contributed by atoms with E-state index in [1.165, 1.54) is 0 Å². The molecule has 0 aliphatic carbocycles. The SMILES string of the molecule is CC(C)CCOc1ccccc1CNc1cccc(Cl)c1Cl. The van der Waals surface area contributed by atoms with Crippen LogP contribution in [0.2, 0.25) is 10.0 Å². The molecule has 0 amide bonds. The molecule has 0 aliphatic rings. The summed E-state index contributed by atoms with van der Waals surface area (Å²) in [4.78, 5) is 0. The maximum atomic E-state index is 6.19. The van der Waals surface area contributed by atoms with Gasteiger partial charge in [0, 0.05) is 12.1 Å². The smallest absolute Gasteiger partial charge is 0.124 e. The number of benzene rings is 2. The predicted molar refractivity (Wildman–Crippen MR) is 95.2 cm³/mol. The van der Waals surface area contributed by atoms with E-state index in [2.05, 4.69) is 25.2 Å². The molecule has 2 nitrogen and oxygen atoms in total. The lowest BCUT2D eigenvalue weighted by Crippen LogP contribution is -2.06. The number of halogens is 2. The van der Waals surface area contributed by atoms with Crippen LogP contribution in [0.3, 0.4) is 0 Å². The maximum absolute atomic E-state index is 6.19. The third-order valence-corrected chi connectivity index (χ3v) is 4.17. The summed E-state index contributed by atoms with van der Waals surface area (Å²) < 4.78 is 5.89. The van der Waals surface area contributed by atoms with Gasteiger partial charge in [-0.1, -0.05) is 61.3 Å². The molecule has 0 unspecified atom stereocenters. The fourth-order valence-corrected chi connectivity index (χ4v) is 2.39. The van der Waals surface area contributed by atoms with E-state index in [1.54, 1.807) is 6.07 Å². The normalized spacial score (nSPS) is 10.8. The summed E-state index contributed by atoms with van der Waals surface area (Å²) in [6.07, 6.45) is 1.04. The zero-order valence-corrected chi connectivity index (χ0v) is 14.4. The van der Waals surface area contributed by atoms with Crippen molar-refractivity contribution in [3.05, 3.63) is 58.1 Å². The molecule has 0 heterocycles. The van der Waals surface area contributed by atoms with E-state index in [-0.39, 0.29) is 0 Å². The van der Waals surface area contributed by atoms with Gasteiger partial charge in [-0.25, -0.2) is 0 Å². The van der Waals surface area contributed by atoms with Crippen LogP contribution in [0.25, 0.3) is 0 Å². The van der Waals surface area contributed by atoms with Crippen molar-refractivity contribution in [3.63, 3.8) is 0 Å². The molecule has 0 aromatic heterocycles. The van der Waals surface area contributed by atoms with E-state index in [9.17, 15) is 0 Å². The third kappa shape index (κ3) is 4.82. The summed E-state index contributed by atoms with van der Waals surface area (Å²) in [5.74, 6) is 1.55. The first-order valence-electron chi connectivity index (χ1n) is 7.46. The van der Waals surface area contributed by atoms with Gasteiger partial charge in [0.15, 0.2) is 0 Å². The average Bonchev–Trinajstić information content (AvgIpc) is 2.49. The largest absolute Gasteiger partial charge is 0.493 e. The van der Waals surface area contributed by atoms with Crippen LogP contribution in [0.15, 0.2) is 42.5 Å². The van der Waals surface area contributed by atoms with E-state index < -0.39 is 0 Å². The second-order valence-electron chi connectivity index (χ2n) is 5.59. The minimum Gasteiger partial charge on any atom is -0.493 e. The number of rotatable bonds is 7. The Bertz CT molecular complexity index is 614. The van der Waals surface area contributed by atoms with Crippen LogP contribution < -0.4 is 10.1 Å². The van der Waals surface area contributed by atoms with Gasteiger partial charge in [0.05, 0.1) is 22.3 Å². The molecule has 0 saturated carbocycles. The Hall–Kier alpha value is -1.38. The lowest BCUT2D eigenvalue weighted by Gasteiger charge is -2.14. The van der Waals surface area contributed by atoms with Crippen molar-refractivity contribution in [1.82, 2.24) is 0 Å². The molecule has 0 bridgehead atoms. The Kier molecular flexibility index (Phi) is 6.41. The Morgan fingerprint density at radius 3 is 2.59 bits per heavy atom. The van der Waals surface area contributed by atoms with Crippen LogP contribution in [0.1, 0.15) is 25.8 Å². The molecule has 0 saturated heterocycles. The van der Waals surface area contributed by atoms with Crippen LogP contribution in [0.4, 0.5) is 5.69 Å². The lowest BCUT2D eigenvalue weighted by atomic mass is 10.1. The van der Waals surface area contributed by atoms with Gasteiger partial charge < -0.3 is 10.1 Å². The summed E-state index contributed by atoms with van der Waals surface area (Å²) >= 11 is 12.2. The molecule has 0 spiro atoms. The molecule has 22 heavy (non-hydrogen) atoms. The molecule has 2 rings (SSSR count). The van der Waals surface area contributed by atoms with Crippen molar-refractivity contribution < 1.29 is 4.74 Å². The molecule has 1 N–H and O–H groups in total. The third-order valence-electron chi connectivity index (χ3n) is 3.35. The predicted octanol–water partition coefficient (Wildman–Crippen LogP) is 6.03. The van der Waals surface area contributed by atoms with Gasteiger partial charge in [-0.3, -0.25) is 0 Å². The minimum absolute atomic E-state index is 0.544. The number of hydrogen-bond acceptors (Lipinski definition) is 2. The van der Waals surface area contributed by atoms with Crippen LogP contribution in [-0.2, 0) is 6.54 Å². The first-order valence-corrected chi connectivity index (χ1v) is 8.22. The second-order valence-corrected chi connectivity index (χ2v) is 6.38. The number of hydrogen-bond donors (Lipinski definition) is 1. The number of ether oxygens (including phenoxy) is 1. The fourth-order valence-electron chi connectivity index (χ4n) is 2.03. The van der Waals surface area contributed by atoms with Crippen molar-refractivity contribution in [2.24, 2.45) is 5.92 Å². The van der Waals surface area contributed by atoms with Crippen molar-refractivity contribution in [2.45, 2.75) is 26.8 Å². The van der Waals surface area contributed by atoms with Crippen LogP contribution >= 0.6 is 23.2 Å². The summed E-state index contributed by atoms with van der Waals surface area (Å²) in [6, 6.07) is 13.6. The van der Waals surface area contributed by atoms with Gasteiger partial charge in [-0.2, -0.15) is 0 Å². The van der Waals surface area contributed by atoms with E-state index >= 15 is 0 Å². The van der Waals surface area contributed by atoms with Crippen LogP contribution in [0, 0.1) is 5.92 Å². The van der Waals surface area contributed by atoms with Crippen molar-refractivity contribution in [3.8, 4) is 5.75 Å². The van der Waals surface area contributed by atoms with E-state index in [0.717, 1.165) is 30.0 Å². The Labute approximate surface area is 142 Å². The highest BCUT2D eigenvalue weighted by molar-refractivity contribution is 6.43. The first-order chi connectivity index (χ1) is 10.6. The molecule has 0 radical (unpaired) electrons. The van der Waals surface area contributed by atoms with Gasteiger partial charge in [-0.15, -0.1) is 0 Å². The lowest BCUT2D eigenvalue weighted by molar-refractivity contribution is 0.287. The number of para-hydroxylation sites is 1. The molecule has 0 fully saturated rings. The summed E-state index contributed by atoms with van der Waals surface area (Å²) in [6.45, 7) is 5.75. The summed E-state index contributed by atoms with van der Waals surface area (Å²) in [5, 5.41) is 4.41. The van der Waals surface area contributed by atoms with Gasteiger partial charge in [-0.05, 0) is 30.5 Å². The molecule has 0 atom stereocenters. The molecule has 0 aliphatic heterocycles. The van der Waals surface area contributed by atoms with Gasteiger partial charge >= 0.3 is 0 Å². The Morgan fingerprint density at radius 2 is 1.82 bits per heavy atom. The Balaban J connectivity index is 2.02. The molecular weight excluding hydrogens is 317 g/mol. The Morgan fingerprint density at radius 1 is 1.05 bits per heavy atom.